The lowest BCUT2D eigenvalue weighted by atomic mass is 10.1. The zero-order valence-corrected chi connectivity index (χ0v) is 17.1. The maximum atomic E-state index is 12.6. The SMILES string of the molecule is FC(F)(F)c1ccc(CCOc2ccc3[nH]cc(NSCC4CCOC4)c3c2)cc1. The molecule has 1 aliphatic rings. The summed E-state index contributed by atoms with van der Waals surface area (Å²) in [5, 5.41) is 1.04. The fourth-order valence-corrected chi connectivity index (χ4v) is 4.28. The molecule has 1 unspecified atom stereocenters. The first-order valence-corrected chi connectivity index (χ1v) is 10.8. The van der Waals surface area contributed by atoms with Crippen molar-refractivity contribution in [2.45, 2.75) is 19.0 Å². The third kappa shape index (κ3) is 5.23. The number of hydrogen-bond donors (Lipinski definition) is 2. The highest BCUT2D eigenvalue weighted by molar-refractivity contribution is 8.00. The van der Waals surface area contributed by atoms with Crippen LogP contribution in [0, 0.1) is 5.92 Å². The molecular formula is C22H23F3N2O2S. The molecule has 30 heavy (non-hydrogen) atoms. The number of anilines is 1. The molecule has 2 N–H and O–H groups in total. The van der Waals surface area contributed by atoms with Crippen LogP contribution in [-0.2, 0) is 17.3 Å². The number of hydrogen-bond acceptors (Lipinski definition) is 4. The van der Waals surface area contributed by atoms with Crippen molar-refractivity contribution in [2.75, 3.05) is 30.3 Å². The van der Waals surface area contributed by atoms with Gasteiger partial charge in [0, 0.05) is 35.9 Å². The Labute approximate surface area is 177 Å². The van der Waals surface area contributed by atoms with Crippen LogP contribution in [0.1, 0.15) is 17.5 Å². The molecule has 4 nitrogen and oxygen atoms in total. The van der Waals surface area contributed by atoms with Gasteiger partial charge in [-0.2, -0.15) is 13.2 Å². The van der Waals surface area contributed by atoms with E-state index in [9.17, 15) is 13.2 Å². The number of fused-ring (bicyclic) bond motifs is 1. The molecule has 0 radical (unpaired) electrons. The largest absolute Gasteiger partial charge is 0.493 e. The lowest BCUT2D eigenvalue weighted by Crippen LogP contribution is -2.05. The second-order valence-electron chi connectivity index (χ2n) is 7.35. The van der Waals surface area contributed by atoms with Crippen molar-refractivity contribution in [1.82, 2.24) is 4.98 Å². The molecule has 0 spiro atoms. The summed E-state index contributed by atoms with van der Waals surface area (Å²) in [4.78, 5) is 3.25. The molecule has 0 bridgehead atoms. The Balaban J connectivity index is 1.31. The molecule has 1 fully saturated rings. The molecule has 0 saturated carbocycles. The minimum Gasteiger partial charge on any atom is -0.493 e. The van der Waals surface area contributed by atoms with Gasteiger partial charge in [-0.25, -0.2) is 0 Å². The lowest BCUT2D eigenvalue weighted by Gasteiger charge is -2.10. The highest BCUT2D eigenvalue weighted by atomic mass is 32.2. The summed E-state index contributed by atoms with van der Waals surface area (Å²) in [6.07, 6.45) is -0.724. The molecular weight excluding hydrogens is 413 g/mol. The van der Waals surface area contributed by atoms with E-state index in [1.54, 1.807) is 11.9 Å². The van der Waals surface area contributed by atoms with Crippen LogP contribution in [0.3, 0.4) is 0 Å². The Morgan fingerprint density at radius 1 is 1.17 bits per heavy atom. The Hall–Kier alpha value is -2.32. The molecule has 2 aromatic carbocycles. The zero-order chi connectivity index (χ0) is 21.0. The van der Waals surface area contributed by atoms with Crippen molar-refractivity contribution in [1.29, 1.82) is 0 Å². The van der Waals surface area contributed by atoms with E-state index in [2.05, 4.69) is 9.71 Å². The van der Waals surface area contributed by atoms with Gasteiger partial charge in [0.15, 0.2) is 0 Å². The fraction of sp³-hybridized carbons (Fsp3) is 0.364. The van der Waals surface area contributed by atoms with Gasteiger partial charge in [0.05, 0.1) is 24.5 Å². The number of rotatable bonds is 8. The van der Waals surface area contributed by atoms with Crippen molar-refractivity contribution < 1.29 is 22.6 Å². The fourth-order valence-electron chi connectivity index (χ4n) is 3.37. The highest BCUT2D eigenvalue weighted by Gasteiger charge is 2.29. The molecule has 1 aromatic heterocycles. The van der Waals surface area contributed by atoms with E-state index in [1.807, 2.05) is 24.4 Å². The normalized spacial score (nSPS) is 16.8. The number of nitrogens with one attached hydrogen (secondary N) is 2. The number of benzene rings is 2. The second-order valence-corrected chi connectivity index (χ2v) is 8.17. The van der Waals surface area contributed by atoms with Crippen LogP contribution in [0.25, 0.3) is 10.9 Å². The van der Waals surface area contributed by atoms with Gasteiger partial charge in [-0.1, -0.05) is 24.1 Å². The third-order valence-corrected chi connectivity index (χ3v) is 6.12. The summed E-state index contributed by atoms with van der Waals surface area (Å²) in [7, 11) is 0. The van der Waals surface area contributed by atoms with Gasteiger partial charge in [-0.15, -0.1) is 0 Å². The topological polar surface area (TPSA) is 46.3 Å². The van der Waals surface area contributed by atoms with Gasteiger partial charge in [0.1, 0.15) is 5.75 Å². The van der Waals surface area contributed by atoms with E-state index in [1.165, 1.54) is 12.1 Å². The van der Waals surface area contributed by atoms with Crippen LogP contribution >= 0.6 is 11.9 Å². The van der Waals surface area contributed by atoms with Crippen molar-refractivity contribution in [3.05, 3.63) is 59.8 Å². The van der Waals surface area contributed by atoms with Crippen molar-refractivity contribution in [3.63, 3.8) is 0 Å². The van der Waals surface area contributed by atoms with Crippen molar-refractivity contribution in [2.24, 2.45) is 5.92 Å². The number of halogens is 3. The Morgan fingerprint density at radius 3 is 2.73 bits per heavy atom. The molecule has 3 aromatic rings. The number of aromatic amines is 1. The van der Waals surface area contributed by atoms with Gasteiger partial charge >= 0.3 is 6.18 Å². The Kier molecular flexibility index (Phi) is 6.43. The molecule has 160 valence electrons. The van der Waals surface area contributed by atoms with Crippen molar-refractivity contribution in [3.8, 4) is 5.75 Å². The van der Waals surface area contributed by atoms with Crippen LogP contribution in [0.15, 0.2) is 48.7 Å². The number of aromatic nitrogens is 1. The van der Waals surface area contributed by atoms with Gasteiger partial charge in [0.2, 0.25) is 0 Å². The first kappa shape index (κ1) is 20.9. The Bertz CT molecular complexity index is 967. The minimum atomic E-state index is -4.31. The monoisotopic (exact) mass is 436 g/mol. The van der Waals surface area contributed by atoms with E-state index >= 15 is 0 Å². The molecule has 1 saturated heterocycles. The van der Waals surface area contributed by atoms with Gasteiger partial charge < -0.3 is 19.2 Å². The number of ether oxygens (including phenoxy) is 2. The number of alkyl halides is 3. The third-order valence-electron chi connectivity index (χ3n) is 5.12. The van der Waals surface area contributed by atoms with Crippen molar-refractivity contribution >= 4 is 28.5 Å². The summed E-state index contributed by atoms with van der Waals surface area (Å²) in [6, 6.07) is 11.0. The van der Waals surface area contributed by atoms with Gasteiger partial charge in [-0.05, 0) is 48.2 Å². The van der Waals surface area contributed by atoms with E-state index in [4.69, 9.17) is 9.47 Å². The average molecular weight is 436 g/mol. The van der Waals surface area contributed by atoms with Gasteiger partial charge in [0.25, 0.3) is 0 Å². The van der Waals surface area contributed by atoms with Crippen LogP contribution in [0.5, 0.6) is 5.75 Å². The zero-order valence-electron chi connectivity index (χ0n) is 16.3. The first-order valence-electron chi connectivity index (χ1n) is 9.84. The van der Waals surface area contributed by atoms with Crippen LogP contribution in [0.4, 0.5) is 18.9 Å². The molecule has 0 aliphatic carbocycles. The second kappa shape index (κ2) is 9.22. The lowest BCUT2D eigenvalue weighted by molar-refractivity contribution is -0.137. The summed E-state index contributed by atoms with van der Waals surface area (Å²) in [6.45, 7) is 2.07. The average Bonchev–Trinajstić information content (AvgIpc) is 3.38. The molecule has 8 heteroatoms. The Morgan fingerprint density at radius 2 is 2.00 bits per heavy atom. The molecule has 4 rings (SSSR count). The van der Waals surface area contributed by atoms with Gasteiger partial charge in [-0.3, -0.25) is 0 Å². The van der Waals surface area contributed by atoms with E-state index in [0.29, 0.717) is 18.9 Å². The molecule has 0 amide bonds. The maximum Gasteiger partial charge on any atom is 0.416 e. The maximum absolute atomic E-state index is 12.6. The minimum absolute atomic E-state index is 0.389. The molecule has 1 aliphatic heterocycles. The summed E-state index contributed by atoms with van der Waals surface area (Å²) >= 11 is 1.68. The standard InChI is InChI=1S/C22H23F3N2O2S/c23-22(24,25)17-3-1-15(2-4-17)8-10-29-18-5-6-20-19(11-18)21(12-26-20)27-30-14-16-7-9-28-13-16/h1-6,11-12,16,26-27H,7-10,13-14H2. The summed E-state index contributed by atoms with van der Waals surface area (Å²) < 4.78 is 52.6. The number of H-pyrrole nitrogens is 1. The predicted octanol–water partition coefficient (Wildman–Crippen LogP) is 5.90. The first-order chi connectivity index (χ1) is 14.5. The smallest absolute Gasteiger partial charge is 0.416 e. The van der Waals surface area contributed by atoms with E-state index in [0.717, 1.165) is 65.4 Å². The van der Waals surface area contributed by atoms with Crippen LogP contribution < -0.4 is 9.46 Å². The van der Waals surface area contributed by atoms with E-state index < -0.39 is 11.7 Å². The molecule has 1 atom stereocenters. The molecule has 2 heterocycles. The predicted molar refractivity (Wildman–Crippen MR) is 114 cm³/mol. The quantitative estimate of drug-likeness (QED) is 0.431. The van der Waals surface area contributed by atoms with Crippen LogP contribution in [-0.4, -0.2) is 30.6 Å². The van der Waals surface area contributed by atoms with Crippen LogP contribution in [0.2, 0.25) is 0 Å². The van der Waals surface area contributed by atoms with E-state index in [-0.39, 0.29) is 0 Å². The summed E-state index contributed by atoms with van der Waals surface area (Å²) in [5.41, 5.74) is 2.18. The summed E-state index contributed by atoms with van der Waals surface area (Å²) in [5.74, 6) is 2.32. The highest BCUT2D eigenvalue weighted by Crippen LogP contribution is 2.31.